The molecular formula is C22H25N7O3. The van der Waals surface area contributed by atoms with Gasteiger partial charge in [0.2, 0.25) is 5.95 Å². The van der Waals surface area contributed by atoms with Gasteiger partial charge in [-0.15, -0.1) is 0 Å². The van der Waals surface area contributed by atoms with Gasteiger partial charge in [0.15, 0.2) is 11.2 Å². The van der Waals surface area contributed by atoms with Gasteiger partial charge in [0.1, 0.15) is 0 Å². The van der Waals surface area contributed by atoms with E-state index in [4.69, 9.17) is 0 Å². The maximum absolute atomic E-state index is 13.3. The lowest BCUT2D eigenvalue weighted by molar-refractivity contribution is 0.182. The van der Waals surface area contributed by atoms with Crippen molar-refractivity contribution < 1.29 is 5.11 Å². The number of rotatable bonds is 5. The van der Waals surface area contributed by atoms with Gasteiger partial charge in [-0.1, -0.05) is 30.3 Å². The van der Waals surface area contributed by atoms with E-state index in [1.807, 2.05) is 36.4 Å². The van der Waals surface area contributed by atoms with Crippen LogP contribution in [0.4, 0.5) is 5.95 Å². The molecule has 166 valence electrons. The maximum atomic E-state index is 13.3. The van der Waals surface area contributed by atoms with E-state index in [9.17, 15) is 14.7 Å². The van der Waals surface area contributed by atoms with E-state index in [1.165, 1.54) is 9.13 Å². The quantitative estimate of drug-likeness (QED) is 0.433. The van der Waals surface area contributed by atoms with Gasteiger partial charge >= 0.3 is 5.69 Å². The van der Waals surface area contributed by atoms with E-state index in [0.29, 0.717) is 29.2 Å². The molecule has 3 aromatic heterocycles. The van der Waals surface area contributed by atoms with E-state index >= 15 is 0 Å². The lowest BCUT2D eigenvalue weighted by Crippen LogP contribution is -2.39. The molecule has 3 heterocycles. The molecular weight excluding hydrogens is 410 g/mol. The van der Waals surface area contributed by atoms with Crippen LogP contribution in [-0.4, -0.2) is 46.1 Å². The summed E-state index contributed by atoms with van der Waals surface area (Å²) in [6.45, 7) is 0.0735. The van der Waals surface area contributed by atoms with Crippen LogP contribution in [0.5, 0.6) is 0 Å². The Morgan fingerprint density at radius 1 is 1.16 bits per heavy atom. The number of aromatic amines is 1. The summed E-state index contributed by atoms with van der Waals surface area (Å²) in [6, 6.07) is 11.6. The Kier molecular flexibility index (Phi) is 4.93. The van der Waals surface area contributed by atoms with Crippen molar-refractivity contribution in [3.8, 4) is 11.3 Å². The summed E-state index contributed by atoms with van der Waals surface area (Å²) in [6.07, 6.45) is 1.88. The number of hydrogen-bond acceptors (Lipinski definition) is 6. The van der Waals surface area contributed by atoms with Crippen molar-refractivity contribution in [2.45, 2.75) is 38.0 Å². The Labute approximate surface area is 183 Å². The van der Waals surface area contributed by atoms with Crippen LogP contribution < -0.4 is 16.6 Å². The van der Waals surface area contributed by atoms with Crippen molar-refractivity contribution >= 4 is 17.1 Å². The fraction of sp³-hybridized carbons (Fsp3) is 0.364. The number of aromatic nitrogens is 6. The molecule has 2 atom stereocenters. The zero-order chi connectivity index (χ0) is 22.4. The van der Waals surface area contributed by atoms with Gasteiger partial charge in [0.05, 0.1) is 24.0 Å². The van der Waals surface area contributed by atoms with Crippen LogP contribution in [0.25, 0.3) is 22.4 Å². The van der Waals surface area contributed by atoms with Crippen LogP contribution in [0.1, 0.15) is 25.0 Å². The summed E-state index contributed by atoms with van der Waals surface area (Å²) < 4.78 is 4.26. The SMILES string of the molecule is Cn1c(N[C@@H]2CC[C@H](O)C2)nc2c1c(=O)n(Cc1cc(-c3ccccc3)n[nH]1)c(=O)n2C. The van der Waals surface area contributed by atoms with Crippen molar-refractivity contribution in [3.63, 3.8) is 0 Å². The van der Waals surface area contributed by atoms with Crippen molar-refractivity contribution in [2.75, 3.05) is 5.32 Å². The molecule has 0 bridgehead atoms. The van der Waals surface area contributed by atoms with Crippen molar-refractivity contribution in [1.82, 2.24) is 28.9 Å². The number of anilines is 1. The Balaban J connectivity index is 1.52. The van der Waals surface area contributed by atoms with Gasteiger partial charge in [-0.05, 0) is 25.3 Å². The third-order valence-electron chi connectivity index (χ3n) is 6.13. The van der Waals surface area contributed by atoms with Crippen LogP contribution in [-0.2, 0) is 20.6 Å². The summed E-state index contributed by atoms with van der Waals surface area (Å²) in [5, 5.41) is 20.3. The summed E-state index contributed by atoms with van der Waals surface area (Å²) in [5.74, 6) is 0.511. The molecule has 0 spiro atoms. The predicted molar refractivity (Wildman–Crippen MR) is 121 cm³/mol. The monoisotopic (exact) mass is 435 g/mol. The third kappa shape index (κ3) is 3.42. The normalized spacial score (nSPS) is 18.5. The Morgan fingerprint density at radius 3 is 2.66 bits per heavy atom. The van der Waals surface area contributed by atoms with Crippen LogP contribution in [0, 0.1) is 0 Å². The predicted octanol–water partition coefficient (Wildman–Crippen LogP) is 1.20. The second-order valence-electron chi connectivity index (χ2n) is 8.35. The minimum Gasteiger partial charge on any atom is -0.393 e. The highest BCUT2D eigenvalue weighted by molar-refractivity contribution is 5.74. The highest BCUT2D eigenvalue weighted by atomic mass is 16.3. The average molecular weight is 435 g/mol. The van der Waals surface area contributed by atoms with E-state index in [2.05, 4.69) is 20.5 Å². The molecule has 4 aromatic rings. The summed E-state index contributed by atoms with van der Waals surface area (Å²) in [4.78, 5) is 30.8. The molecule has 1 aliphatic carbocycles. The van der Waals surface area contributed by atoms with Crippen LogP contribution >= 0.6 is 0 Å². The van der Waals surface area contributed by atoms with Gasteiger partial charge < -0.3 is 15.0 Å². The van der Waals surface area contributed by atoms with Gasteiger partial charge in [0.25, 0.3) is 5.56 Å². The zero-order valence-corrected chi connectivity index (χ0v) is 17.9. The summed E-state index contributed by atoms with van der Waals surface area (Å²) in [7, 11) is 3.36. The smallest absolute Gasteiger partial charge is 0.332 e. The largest absolute Gasteiger partial charge is 0.393 e. The van der Waals surface area contributed by atoms with Crippen molar-refractivity contribution in [3.05, 3.63) is 62.9 Å². The molecule has 5 rings (SSSR count). The number of H-pyrrole nitrogens is 1. The number of benzene rings is 1. The van der Waals surface area contributed by atoms with Crippen molar-refractivity contribution in [1.29, 1.82) is 0 Å². The molecule has 3 N–H and O–H groups in total. The fourth-order valence-electron chi connectivity index (χ4n) is 4.35. The van der Waals surface area contributed by atoms with Crippen molar-refractivity contribution in [2.24, 2.45) is 14.1 Å². The number of aliphatic hydroxyl groups excluding tert-OH is 1. The van der Waals surface area contributed by atoms with E-state index in [-0.39, 0.29) is 18.7 Å². The Bertz CT molecular complexity index is 1400. The lowest BCUT2D eigenvalue weighted by Gasteiger charge is -2.12. The number of aliphatic hydroxyl groups is 1. The first-order valence-corrected chi connectivity index (χ1v) is 10.6. The molecule has 1 aromatic carbocycles. The van der Waals surface area contributed by atoms with Gasteiger partial charge in [-0.25, -0.2) is 4.79 Å². The van der Waals surface area contributed by atoms with Gasteiger partial charge in [-0.3, -0.25) is 19.0 Å². The second-order valence-corrected chi connectivity index (χ2v) is 8.35. The van der Waals surface area contributed by atoms with Crippen LogP contribution in [0.15, 0.2) is 46.0 Å². The molecule has 0 aliphatic heterocycles. The first-order valence-electron chi connectivity index (χ1n) is 10.6. The summed E-state index contributed by atoms with van der Waals surface area (Å²) in [5.41, 5.74) is 2.17. The molecule has 0 unspecified atom stereocenters. The first kappa shape index (κ1) is 20.3. The van der Waals surface area contributed by atoms with E-state index in [1.54, 1.807) is 18.7 Å². The molecule has 32 heavy (non-hydrogen) atoms. The second kappa shape index (κ2) is 7.79. The third-order valence-corrected chi connectivity index (χ3v) is 6.13. The number of nitrogens with one attached hydrogen (secondary N) is 2. The average Bonchev–Trinajstić information content (AvgIpc) is 3.50. The van der Waals surface area contributed by atoms with Gasteiger partial charge in [-0.2, -0.15) is 10.1 Å². The molecule has 0 radical (unpaired) electrons. The summed E-state index contributed by atoms with van der Waals surface area (Å²) >= 11 is 0. The maximum Gasteiger partial charge on any atom is 0.332 e. The Hall–Kier alpha value is -3.66. The number of aryl methyl sites for hydroxylation is 2. The minimum atomic E-state index is -0.445. The molecule has 1 saturated carbocycles. The van der Waals surface area contributed by atoms with E-state index in [0.717, 1.165) is 24.1 Å². The number of fused-ring (bicyclic) bond motifs is 1. The highest BCUT2D eigenvalue weighted by Gasteiger charge is 2.25. The topological polar surface area (TPSA) is 123 Å². The molecule has 10 nitrogen and oxygen atoms in total. The zero-order valence-electron chi connectivity index (χ0n) is 17.9. The van der Waals surface area contributed by atoms with E-state index < -0.39 is 11.2 Å². The van der Waals surface area contributed by atoms with Crippen LogP contribution in [0.2, 0.25) is 0 Å². The molecule has 0 saturated heterocycles. The standard InChI is InChI=1S/C22H25N7O3/c1-27-18-19(24-21(27)23-14-8-9-16(30)10-14)28(2)22(32)29(20(18)31)12-15-11-17(26-25-15)13-6-4-3-5-7-13/h3-7,11,14,16,30H,8-10,12H2,1-2H3,(H,23,24)(H,25,26)/t14-,16+/m1/s1. The molecule has 10 heteroatoms. The number of nitrogens with zero attached hydrogens (tertiary/aromatic N) is 5. The number of hydrogen-bond donors (Lipinski definition) is 3. The molecule has 1 fully saturated rings. The Morgan fingerprint density at radius 2 is 1.94 bits per heavy atom. The highest BCUT2D eigenvalue weighted by Crippen LogP contribution is 2.23. The van der Waals surface area contributed by atoms with Gasteiger partial charge in [0, 0.05) is 25.7 Å². The fourth-order valence-corrected chi connectivity index (χ4v) is 4.35. The molecule has 1 aliphatic rings. The lowest BCUT2D eigenvalue weighted by atomic mass is 10.1. The minimum absolute atomic E-state index is 0.0735. The first-order chi connectivity index (χ1) is 15.4. The molecule has 0 amide bonds. The van der Waals surface area contributed by atoms with Crippen LogP contribution in [0.3, 0.4) is 0 Å². The number of imidazole rings is 1.